The molecule has 1 atom stereocenters. The Bertz CT molecular complexity index is 589. The number of hydrogen-bond acceptors (Lipinski definition) is 2. The monoisotopic (exact) mass is 278 g/mol. The highest BCUT2D eigenvalue weighted by atomic mass is 35.5. The van der Waals surface area contributed by atoms with Crippen LogP contribution in [0.25, 0.3) is 0 Å². The smallest absolute Gasteiger partial charge is 0.244 e. The Kier molecular flexibility index (Phi) is 4.02. The number of amides is 1. The second-order valence-corrected chi connectivity index (χ2v) is 4.43. The van der Waals surface area contributed by atoms with Crippen LogP contribution in [0.15, 0.2) is 48.5 Å². The summed E-state index contributed by atoms with van der Waals surface area (Å²) in [5, 5.41) is 2.94. The summed E-state index contributed by atoms with van der Waals surface area (Å²) in [5.74, 6) is -1.10. The zero-order valence-electron chi connectivity index (χ0n) is 9.94. The van der Waals surface area contributed by atoms with E-state index >= 15 is 0 Å². The standard InChI is InChI=1S/C14H12ClFN2O/c15-11-8-9(6-7-12(11)16)13(14(17)19)18-10-4-2-1-3-5-10/h1-8,13,18H,(H2,17,19). The number of primary amides is 1. The van der Waals surface area contributed by atoms with Crippen molar-refractivity contribution in [1.82, 2.24) is 0 Å². The molecule has 0 spiro atoms. The van der Waals surface area contributed by atoms with Crippen molar-refractivity contribution in [2.45, 2.75) is 6.04 Å². The maximum atomic E-state index is 13.1. The number of carbonyl (C=O) groups is 1. The first kappa shape index (κ1) is 13.4. The summed E-state index contributed by atoms with van der Waals surface area (Å²) in [6.07, 6.45) is 0. The molecule has 19 heavy (non-hydrogen) atoms. The number of para-hydroxylation sites is 1. The van der Waals surface area contributed by atoms with Crippen LogP contribution in [0.4, 0.5) is 10.1 Å². The van der Waals surface area contributed by atoms with E-state index in [4.69, 9.17) is 17.3 Å². The summed E-state index contributed by atoms with van der Waals surface area (Å²) in [7, 11) is 0. The van der Waals surface area contributed by atoms with Crippen LogP contribution in [0.5, 0.6) is 0 Å². The predicted octanol–water partition coefficient (Wildman–Crippen LogP) is 3.12. The van der Waals surface area contributed by atoms with E-state index in [2.05, 4.69) is 5.32 Å². The van der Waals surface area contributed by atoms with Crippen LogP contribution in [0.2, 0.25) is 5.02 Å². The number of benzene rings is 2. The SMILES string of the molecule is NC(=O)C(Nc1ccccc1)c1ccc(F)c(Cl)c1. The van der Waals surface area contributed by atoms with Gasteiger partial charge in [-0.05, 0) is 29.8 Å². The van der Waals surface area contributed by atoms with Gasteiger partial charge in [0.1, 0.15) is 11.9 Å². The van der Waals surface area contributed by atoms with Gasteiger partial charge in [0.05, 0.1) is 5.02 Å². The van der Waals surface area contributed by atoms with Gasteiger partial charge in [-0.15, -0.1) is 0 Å². The molecule has 0 heterocycles. The molecule has 0 radical (unpaired) electrons. The molecule has 0 aliphatic rings. The fourth-order valence-electron chi connectivity index (χ4n) is 1.71. The summed E-state index contributed by atoms with van der Waals surface area (Å²) in [4.78, 5) is 11.5. The van der Waals surface area contributed by atoms with E-state index in [0.717, 1.165) is 5.69 Å². The van der Waals surface area contributed by atoms with Crippen LogP contribution in [0.1, 0.15) is 11.6 Å². The lowest BCUT2D eigenvalue weighted by Gasteiger charge is -2.17. The van der Waals surface area contributed by atoms with Crippen molar-refractivity contribution >= 4 is 23.2 Å². The minimum Gasteiger partial charge on any atom is -0.370 e. The van der Waals surface area contributed by atoms with Gasteiger partial charge in [0.2, 0.25) is 5.91 Å². The molecule has 3 N–H and O–H groups in total. The molecule has 0 aliphatic heterocycles. The highest BCUT2D eigenvalue weighted by molar-refractivity contribution is 6.30. The minimum absolute atomic E-state index is 0.0430. The Morgan fingerprint density at radius 3 is 2.47 bits per heavy atom. The lowest BCUT2D eigenvalue weighted by molar-refractivity contribution is -0.118. The lowest BCUT2D eigenvalue weighted by atomic mass is 10.1. The van der Waals surface area contributed by atoms with Crippen LogP contribution >= 0.6 is 11.6 Å². The summed E-state index contributed by atoms with van der Waals surface area (Å²) in [6.45, 7) is 0. The maximum Gasteiger partial charge on any atom is 0.244 e. The molecule has 0 aromatic heterocycles. The fourth-order valence-corrected chi connectivity index (χ4v) is 1.90. The third kappa shape index (κ3) is 3.23. The molecule has 0 bridgehead atoms. The first-order valence-electron chi connectivity index (χ1n) is 5.64. The summed E-state index contributed by atoms with van der Waals surface area (Å²) < 4.78 is 13.1. The molecule has 98 valence electrons. The summed E-state index contributed by atoms with van der Waals surface area (Å²) >= 11 is 5.71. The summed E-state index contributed by atoms with van der Waals surface area (Å²) in [5.41, 5.74) is 6.63. The van der Waals surface area contributed by atoms with Crippen molar-refractivity contribution < 1.29 is 9.18 Å². The number of halogens is 2. The Balaban J connectivity index is 2.30. The van der Waals surface area contributed by atoms with E-state index < -0.39 is 17.8 Å². The molecule has 1 unspecified atom stereocenters. The number of carbonyl (C=O) groups excluding carboxylic acids is 1. The molecule has 2 aromatic rings. The average Bonchev–Trinajstić information content (AvgIpc) is 2.40. The van der Waals surface area contributed by atoms with Crippen LogP contribution in [-0.2, 0) is 4.79 Å². The van der Waals surface area contributed by atoms with Gasteiger partial charge >= 0.3 is 0 Å². The maximum absolute atomic E-state index is 13.1. The molecule has 2 aromatic carbocycles. The Labute approximate surface area is 115 Å². The first-order valence-corrected chi connectivity index (χ1v) is 6.01. The van der Waals surface area contributed by atoms with Crippen LogP contribution in [-0.4, -0.2) is 5.91 Å². The van der Waals surface area contributed by atoms with Crippen molar-refractivity contribution in [3.05, 3.63) is 64.9 Å². The van der Waals surface area contributed by atoms with Gasteiger partial charge in [-0.2, -0.15) is 0 Å². The third-order valence-electron chi connectivity index (χ3n) is 2.65. The van der Waals surface area contributed by atoms with Crippen LogP contribution < -0.4 is 11.1 Å². The molecule has 0 saturated heterocycles. The Morgan fingerprint density at radius 1 is 1.21 bits per heavy atom. The minimum atomic E-state index is -0.763. The van der Waals surface area contributed by atoms with E-state index in [1.807, 2.05) is 18.2 Å². The second kappa shape index (κ2) is 5.71. The Morgan fingerprint density at radius 2 is 1.89 bits per heavy atom. The largest absolute Gasteiger partial charge is 0.370 e. The first-order chi connectivity index (χ1) is 9.08. The second-order valence-electron chi connectivity index (χ2n) is 4.02. The molecular formula is C14H12ClFN2O. The highest BCUT2D eigenvalue weighted by Crippen LogP contribution is 2.23. The number of rotatable bonds is 4. The van der Waals surface area contributed by atoms with Crippen molar-refractivity contribution in [2.24, 2.45) is 5.73 Å². The van der Waals surface area contributed by atoms with Gasteiger partial charge in [-0.3, -0.25) is 4.79 Å². The van der Waals surface area contributed by atoms with Gasteiger partial charge in [0.15, 0.2) is 0 Å². The van der Waals surface area contributed by atoms with Crippen molar-refractivity contribution in [3.63, 3.8) is 0 Å². The molecule has 1 amide bonds. The molecule has 5 heteroatoms. The zero-order valence-corrected chi connectivity index (χ0v) is 10.7. The fraction of sp³-hybridized carbons (Fsp3) is 0.0714. The average molecular weight is 279 g/mol. The normalized spacial score (nSPS) is 11.9. The van der Waals surface area contributed by atoms with Crippen molar-refractivity contribution in [3.8, 4) is 0 Å². The third-order valence-corrected chi connectivity index (χ3v) is 2.94. The number of anilines is 1. The quantitative estimate of drug-likeness (QED) is 0.903. The topological polar surface area (TPSA) is 55.1 Å². The van der Waals surface area contributed by atoms with Gasteiger partial charge in [-0.1, -0.05) is 35.9 Å². The summed E-state index contributed by atoms with van der Waals surface area (Å²) in [6, 6.07) is 12.5. The van der Waals surface area contributed by atoms with E-state index in [9.17, 15) is 9.18 Å². The number of nitrogens with two attached hydrogens (primary N) is 1. The molecule has 0 aliphatic carbocycles. The van der Waals surface area contributed by atoms with Gasteiger partial charge < -0.3 is 11.1 Å². The van der Waals surface area contributed by atoms with E-state index in [0.29, 0.717) is 5.56 Å². The van der Waals surface area contributed by atoms with Crippen LogP contribution in [0.3, 0.4) is 0 Å². The molecule has 0 fully saturated rings. The van der Waals surface area contributed by atoms with Crippen molar-refractivity contribution in [2.75, 3.05) is 5.32 Å². The van der Waals surface area contributed by atoms with Crippen LogP contribution in [0, 0.1) is 5.82 Å². The van der Waals surface area contributed by atoms with E-state index in [1.165, 1.54) is 18.2 Å². The van der Waals surface area contributed by atoms with E-state index in [1.54, 1.807) is 12.1 Å². The lowest BCUT2D eigenvalue weighted by Crippen LogP contribution is -2.27. The van der Waals surface area contributed by atoms with Gasteiger partial charge in [0, 0.05) is 5.69 Å². The zero-order chi connectivity index (χ0) is 13.8. The van der Waals surface area contributed by atoms with Crippen molar-refractivity contribution in [1.29, 1.82) is 0 Å². The molecular weight excluding hydrogens is 267 g/mol. The number of nitrogens with one attached hydrogen (secondary N) is 1. The van der Waals surface area contributed by atoms with E-state index in [-0.39, 0.29) is 5.02 Å². The predicted molar refractivity (Wildman–Crippen MR) is 73.4 cm³/mol. The Hall–Kier alpha value is -2.07. The van der Waals surface area contributed by atoms with Gasteiger partial charge in [0.25, 0.3) is 0 Å². The number of hydrogen-bond donors (Lipinski definition) is 2. The molecule has 3 nitrogen and oxygen atoms in total. The van der Waals surface area contributed by atoms with Gasteiger partial charge in [-0.25, -0.2) is 4.39 Å². The molecule has 0 saturated carbocycles. The highest BCUT2D eigenvalue weighted by Gasteiger charge is 2.18. The molecule has 2 rings (SSSR count).